The van der Waals surface area contributed by atoms with Crippen LogP contribution in [0.4, 0.5) is 0 Å². The van der Waals surface area contributed by atoms with Crippen LogP contribution in [0.5, 0.6) is 0 Å². The Morgan fingerprint density at radius 2 is 2.21 bits per heavy atom. The lowest BCUT2D eigenvalue weighted by molar-refractivity contribution is -0.120. The molecule has 108 valence electrons. The number of thioether (sulfide) groups is 1. The van der Waals surface area contributed by atoms with Crippen LogP contribution in [0.25, 0.3) is 0 Å². The topological polar surface area (TPSA) is 91.2 Å². The molecule has 0 atom stereocenters. The molecule has 1 rings (SSSR count). The SMILES string of the molecule is CCNC(=O)CCSc1nnnn1CC(OC)OC. The van der Waals surface area contributed by atoms with Crippen LogP contribution < -0.4 is 5.32 Å². The average Bonchev–Trinajstić information content (AvgIpc) is 2.83. The van der Waals surface area contributed by atoms with Crippen molar-refractivity contribution >= 4 is 17.7 Å². The van der Waals surface area contributed by atoms with Crippen molar-refractivity contribution in [2.24, 2.45) is 0 Å². The smallest absolute Gasteiger partial charge is 0.220 e. The molecule has 0 aromatic carbocycles. The fourth-order valence-corrected chi connectivity index (χ4v) is 2.15. The summed E-state index contributed by atoms with van der Waals surface area (Å²) >= 11 is 1.43. The summed E-state index contributed by atoms with van der Waals surface area (Å²) < 4.78 is 11.8. The third-order valence-electron chi connectivity index (χ3n) is 2.28. The zero-order valence-electron chi connectivity index (χ0n) is 11.3. The fraction of sp³-hybridized carbons (Fsp3) is 0.800. The van der Waals surface area contributed by atoms with Gasteiger partial charge in [-0.3, -0.25) is 4.79 Å². The Bertz CT molecular complexity index is 383. The van der Waals surface area contributed by atoms with Gasteiger partial charge in [0.1, 0.15) is 0 Å². The number of carbonyl (C=O) groups is 1. The second kappa shape index (κ2) is 8.83. The summed E-state index contributed by atoms with van der Waals surface area (Å²) in [5, 5.41) is 14.8. The second-order valence-electron chi connectivity index (χ2n) is 3.60. The van der Waals surface area contributed by atoms with Gasteiger partial charge in [0.15, 0.2) is 6.29 Å². The van der Waals surface area contributed by atoms with Crippen LogP contribution in [0.15, 0.2) is 5.16 Å². The molecule has 1 aromatic heterocycles. The van der Waals surface area contributed by atoms with Gasteiger partial charge in [0, 0.05) is 32.9 Å². The molecule has 0 saturated heterocycles. The predicted molar refractivity (Wildman–Crippen MR) is 69.6 cm³/mol. The molecule has 0 aliphatic heterocycles. The molecule has 0 aliphatic rings. The standard InChI is InChI=1S/C10H19N5O3S/c1-4-11-8(16)5-6-19-10-12-13-14-15(10)7-9(17-2)18-3/h9H,4-7H2,1-3H3,(H,11,16). The Morgan fingerprint density at radius 3 is 2.84 bits per heavy atom. The number of rotatable bonds is 9. The Hall–Kier alpha value is -1.19. The lowest BCUT2D eigenvalue weighted by atomic mass is 10.4. The largest absolute Gasteiger partial charge is 0.356 e. The van der Waals surface area contributed by atoms with Gasteiger partial charge in [0.25, 0.3) is 0 Å². The van der Waals surface area contributed by atoms with Crippen molar-refractivity contribution in [1.29, 1.82) is 0 Å². The molecule has 1 amide bonds. The van der Waals surface area contributed by atoms with Gasteiger partial charge in [-0.25, -0.2) is 4.68 Å². The maximum Gasteiger partial charge on any atom is 0.220 e. The molecule has 8 nitrogen and oxygen atoms in total. The number of nitrogens with zero attached hydrogens (tertiary/aromatic N) is 4. The summed E-state index contributed by atoms with van der Waals surface area (Å²) in [7, 11) is 3.11. The molecule has 0 aliphatic carbocycles. The van der Waals surface area contributed by atoms with Crippen LogP contribution in [0, 0.1) is 0 Å². The third-order valence-corrected chi connectivity index (χ3v) is 3.24. The van der Waals surface area contributed by atoms with E-state index in [0.29, 0.717) is 30.4 Å². The molecule has 0 radical (unpaired) electrons. The lowest BCUT2D eigenvalue weighted by Crippen LogP contribution is -2.23. The van der Waals surface area contributed by atoms with Crippen LogP contribution in [0.2, 0.25) is 0 Å². The highest BCUT2D eigenvalue weighted by Gasteiger charge is 2.13. The van der Waals surface area contributed by atoms with E-state index in [2.05, 4.69) is 20.8 Å². The molecule has 1 aromatic rings. The number of hydrogen-bond acceptors (Lipinski definition) is 7. The van der Waals surface area contributed by atoms with Gasteiger partial charge < -0.3 is 14.8 Å². The van der Waals surface area contributed by atoms with E-state index in [-0.39, 0.29) is 5.91 Å². The fourth-order valence-electron chi connectivity index (χ4n) is 1.32. The Labute approximate surface area is 116 Å². The van der Waals surface area contributed by atoms with E-state index >= 15 is 0 Å². The lowest BCUT2D eigenvalue weighted by Gasteiger charge is -2.13. The minimum absolute atomic E-state index is 0.0284. The quantitative estimate of drug-likeness (QED) is 0.502. The van der Waals surface area contributed by atoms with Gasteiger partial charge in [0.2, 0.25) is 11.1 Å². The maximum absolute atomic E-state index is 11.3. The van der Waals surface area contributed by atoms with Gasteiger partial charge in [-0.1, -0.05) is 11.8 Å². The average molecular weight is 289 g/mol. The Balaban J connectivity index is 2.42. The number of carbonyl (C=O) groups excluding carboxylic acids is 1. The molecule has 1 heterocycles. The third kappa shape index (κ3) is 5.53. The number of tetrazole rings is 1. The highest BCUT2D eigenvalue weighted by molar-refractivity contribution is 7.99. The van der Waals surface area contributed by atoms with Crippen molar-refractivity contribution in [3.63, 3.8) is 0 Å². The van der Waals surface area contributed by atoms with Gasteiger partial charge in [0.05, 0.1) is 6.54 Å². The molecular weight excluding hydrogens is 270 g/mol. The highest BCUT2D eigenvalue weighted by Crippen LogP contribution is 2.15. The number of amides is 1. The minimum Gasteiger partial charge on any atom is -0.356 e. The van der Waals surface area contributed by atoms with Crippen molar-refractivity contribution in [2.75, 3.05) is 26.5 Å². The summed E-state index contributed by atoms with van der Waals surface area (Å²) in [4.78, 5) is 11.3. The zero-order chi connectivity index (χ0) is 14.1. The summed E-state index contributed by atoms with van der Waals surface area (Å²) in [6, 6.07) is 0. The summed E-state index contributed by atoms with van der Waals surface area (Å²) in [6.07, 6.45) is 0.0369. The molecular formula is C10H19N5O3S. The van der Waals surface area contributed by atoms with Crippen LogP contribution in [-0.4, -0.2) is 58.9 Å². The van der Waals surface area contributed by atoms with Crippen LogP contribution in [-0.2, 0) is 20.8 Å². The molecule has 0 bridgehead atoms. The van der Waals surface area contributed by atoms with E-state index in [1.54, 1.807) is 18.9 Å². The van der Waals surface area contributed by atoms with E-state index in [9.17, 15) is 4.79 Å². The van der Waals surface area contributed by atoms with Crippen molar-refractivity contribution in [3.05, 3.63) is 0 Å². The number of methoxy groups -OCH3 is 2. The first-order valence-electron chi connectivity index (χ1n) is 5.92. The monoisotopic (exact) mass is 289 g/mol. The van der Waals surface area contributed by atoms with Gasteiger partial charge in [-0.15, -0.1) is 5.10 Å². The first-order valence-corrected chi connectivity index (χ1v) is 6.91. The summed E-state index contributed by atoms with van der Waals surface area (Å²) in [5.41, 5.74) is 0. The Kier molecular flexibility index (Phi) is 7.38. The molecule has 0 saturated carbocycles. The van der Waals surface area contributed by atoms with Gasteiger partial charge in [-0.05, 0) is 17.4 Å². The van der Waals surface area contributed by atoms with E-state index in [4.69, 9.17) is 9.47 Å². The number of ether oxygens (including phenoxy) is 2. The number of aromatic nitrogens is 4. The minimum atomic E-state index is -0.397. The van der Waals surface area contributed by atoms with Gasteiger partial charge >= 0.3 is 0 Å². The normalized spacial score (nSPS) is 10.9. The molecule has 19 heavy (non-hydrogen) atoms. The molecule has 9 heteroatoms. The summed E-state index contributed by atoms with van der Waals surface area (Å²) in [6.45, 7) is 2.94. The first kappa shape index (κ1) is 15.9. The molecule has 1 N–H and O–H groups in total. The van der Waals surface area contributed by atoms with Gasteiger partial charge in [-0.2, -0.15) is 0 Å². The van der Waals surface area contributed by atoms with Crippen LogP contribution >= 0.6 is 11.8 Å². The molecule has 0 unspecified atom stereocenters. The zero-order valence-corrected chi connectivity index (χ0v) is 12.1. The predicted octanol–water partition coefficient (Wildman–Crippen LogP) is -0.0897. The van der Waals surface area contributed by atoms with E-state index in [0.717, 1.165) is 0 Å². The highest BCUT2D eigenvalue weighted by atomic mass is 32.2. The van der Waals surface area contributed by atoms with E-state index < -0.39 is 6.29 Å². The number of nitrogens with one attached hydrogen (secondary N) is 1. The first-order chi connectivity index (χ1) is 9.21. The maximum atomic E-state index is 11.3. The molecule has 0 fully saturated rings. The second-order valence-corrected chi connectivity index (χ2v) is 4.66. The van der Waals surface area contributed by atoms with E-state index in [1.165, 1.54) is 11.8 Å². The van der Waals surface area contributed by atoms with Crippen molar-refractivity contribution in [3.8, 4) is 0 Å². The van der Waals surface area contributed by atoms with Crippen LogP contribution in [0.1, 0.15) is 13.3 Å². The van der Waals surface area contributed by atoms with Crippen molar-refractivity contribution < 1.29 is 14.3 Å². The van der Waals surface area contributed by atoms with E-state index in [1.807, 2.05) is 6.92 Å². The summed E-state index contributed by atoms with van der Waals surface area (Å²) in [5.74, 6) is 0.650. The Morgan fingerprint density at radius 1 is 1.47 bits per heavy atom. The van der Waals surface area contributed by atoms with Crippen molar-refractivity contribution in [2.45, 2.75) is 31.3 Å². The van der Waals surface area contributed by atoms with Crippen molar-refractivity contribution in [1.82, 2.24) is 25.5 Å². The van der Waals surface area contributed by atoms with Crippen LogP contribution in [0.3, 0.4) is 0 Å². The number of hydrogen-bond donors (Lipinski definition) is 1. The molecule has 0 spiro atoms.